The van der Waals surface area contributed by atoms with Crippen LogP contribution in [-0.2, 0) is 6.42 Å². The zero-order valence-corrected chi connectivity index (χ0v) is 12.5. The molecular weight excluding hydrogens is 238 g/mol. The monoisotopic (exact) mass is 265 g/mol. The van der Waals surface area contributed by atoms with Crippen LogP contribution in [0.25, 0.3) is 0 Å². The van der Waals surface area contributed by atoms with Gasteiger partial charge in [-0.2, -0.15) is 0 Å². The molecule has 0 aromatic heterocycles. The van der Waals surface area contributed by atoms with Crippen molar-refractivity contribution in [1.82, 2.24) is 5.32 Å². The van der Waals surface area contributed by atoms with Gasteiger partial charge in [-0.25, -0.2) is 0 Å². The van der Waals surface area contributed by atoms with Crippen LogP contribution in [0.5, 0.6) is 11.5 Å². The minimum absolute atomic E-state index is 0.665. The van der Waals surface area contributed by atoms with E-state index < -0.39 is 0 Å². The Morgan fingerprint density at radius 2 is 1.68 bits per heavy atom. The Labute approximate surface area is 117 Å². The van der Waals surface area contributed by atoms with Gasteiger partial charge in [0.15, 0.2) is 11.5 Å². The molecule has 1 aromatic rings. The molecule has 0 unspecified atom stereocenters. The predicted molar refractivity (Wildman–Crippen MR) is 80.3 cm³/mol. The van der Waals surface area contributed by atoms with E-state index in [1.165, 1.54) is 18.4 Å². The molecule has 0 aliphatic rings. The van der Waals surface area contributed by atoms with Gasteiger partial charge >= 0.3 is 0 Å². The van der Waals surface area contributed by atoms with Gasteiger partial charge in [0.1, 0.15) is 0 Å². The van der Waals surface area contributed by atoms with Crippen molar-refractivity contribution in [2.24, 2.45) is 0 Å². The molecule has 0 spiro atoms. The highest BCUT2D eigenvalue weighted by molar-refractivity contribution is 5.43. The van der Waals surface area contributed by atoms with E-state index in [1.54, 1.807) is 0 Å². The summed E-state index contributed by atoms with van der Waals surface area (Å²) in [5.41, 5.74) is 1.29. The van der Waals surface area contributed by atoms with Gasteiger partial charge in [0.05, 0.1) is 13.2 Å². The van der Waals surface area contributed by atoms with Crippen molar-refractivity contribution in [3.8, 4) is 11.5 Å². The number of nitrogens with one attached hydrogen (secondary N) is 1. The molecule has 3 heteroatoms. The van der Waals surface area contributed by atoms with E-state index in [1.807, 2.05) is 19.9 Å². The van der Waals surface area contributed by atoms with Crippen LogP contribution < -0.4 is 14.8 Å². The topological polar surface area (TPSA) is 30.5 Å². The quantitative estimate of drug-likeness (QED) is 0.658. The third kappa shape index (κ3) is 5.97. The average Bonchev–Trinajstić information content (AvgIpc) is 2.42. The maximum absolute atomic E-state index is 5.63. The minimum atomic E-state index is 0.665. The van der Waals surface area contributed by atoms with E-state index in [9.17, 15) is 0 Å². The zero-order chi connectivity index (χ0) is 13.9. The van der Waals surface area contributed by atoms with Crippen LogP contribution in [0.3, 0.4) is 0 Å². The number of rotatable bonds is 10. The summed E-state index contributed by atoms with van der Waals surface area (Å²) in [5.74, 6) is 1.70. The molecule has 3 nitrogen and oxygen atoms in total. The van der Waals surface area contributed by atoms with E-state index in [4.69, 9.17) is 9.47 Å². The number of unbranched alkanes of at least 4 members (excludes halogenated alkanes) is 1. The van der Waals surface area contributed by atoms with Crippen molar-refractivity contribution >= 4 is 0 Å². The van der Waals surface area contributed by atoms with Gasteiger partial charge < -0.3 is 14.8 Å². The highest BCUT2D eigenvalue weighted by Gasteiger charge is 2.05. The van der Waals surface area contributed by atoms with E-state index in [0.29, 0.717) is 13.2 Å². The Morgan fingerprint density at radius 3 is 2.37 bits per heavy atom. The number of hydrogen-bond acceptors (Lipinski definition) is 3. The molecule has 0 bridgehead atoms. The molecule has 108 valence electrons. The number of hydrogen-bond donors (Lipinski definition) is 1. The molecule has 19 heavy (non-hydrogen) atoms. The summed E-state index contributed by atoms with van der Waals surface area (Å²) >= 11 is 0. The predicted octanol–water partition coefficient (Wildman–Crippen LogP) is 3.42. The summed E-state index contributed by atoms with van der Waals surface area (Å²) in [7, 11) is 0. The Bertz CT molecular complexity index is 353. The average molecular weight is 265 g/mol. The molecule has 0 saturated heterocycles. The van der Waals surface area contributed by atoms with Crippen molar-refractivity contribution in [3.05, 3.63) is 23.8 Å². The molecule has 0 aliphatic heterocycles. The smallest absolute Gasteiger partial charge is 0.161 e. The van der Waals surface area contributed by atoms with Crippen LogP contribution in [0.2, 0.25) is 0 Å². The van der Waals surface area contributed by atoms with E-state index in [0.717, 1.165) is 31.0 Å². The lowest BCUT2D eigenvalue weighted by molar-refractivity contribution is 0.287. The highest BCUT2D eigenvalue weighted by Crippen LogP contribution is 2.28. The molecule has 0 saturated carbocycles. The molecule has 0 heterocycles. The van der Waals surface area contributed by atoms with Crippen LogP contribution >= 0.6 is 0 Å². The van der Waals surface area contributed by atoms with Crippen LogP contribution in [0.15, 0.2) is 18.2 Å². The van der Waals surface area contributed by atoms with Gasteiger partial charge in [0.25, 0.3) is 0 Å². The zero-order valence-electron chi connectivity index (χ0n) is 12.5. The third-order valence-corrected chi connectivity index (χ3v) is 2.91. The van der Waals surface area contributed by atoms with Gasteiger partial charge in [-0.1, -0.05) is 19.4 Å². The van der Waals surface area contributed by atoms with E-state index >= 15 is 0 Å². The molecule has 1 N–H and O–H groups in total. The summed E-state index contributed by atoms with van der Waals surface area (Å²) in [5, 5.41) is 3.45. The Kier molecular flexibility index (Phi) is 8.07. The van der Waals surface area contributed by atoms with E-state index in [-0.39, 0.29) is 0 Å². The molecule has 0 radical (unpaired) electrons. The standard InChI is InChI=1S/C16H27NO2/c1-4-7-11-17-12-10-14-8-9-15(18-5-2)16(13-14)19-6-3/h8-9,13,17H,4-7,10-12H2,1-3H3. The second kappa shape index (κ2) is 9.68. The van der Waals surface area contributed by atoms with Crippen molar-refractivity contribution in [3.63, 3.8) is 0 Å². The van der Waals surface area contributed by atoms with Crippen LogP contribution in [0, 0.1) is 0 Å². The van der Waals surface area contributed by atoms with Gasteiger partial charge in [0, 0.05) is 0 Å². The van der Waals surface area contributed by atoms with Crippen molar-refractivity contribution in [2.75, 3.05) is 26.3 Å². The first kappa shape index (κ1) is 15.8. The van der Waals surface area contributed by atoms with Crippen molar-refractivity contribution in [1.29, 1.82) is 0 Å². The lowest BCUT2D eigenvalue weighted by Crippen LogP contribution is -2.18. The lowest BCUT2D eigenvalue weighted by atomic mass is 10.1. The molecule has 0 amide bonds. The normalized spacial score (nSPS) is 10.5. The van der Waals surface area contributed by atoms with Gasteiger partial charge in [-0.3, -0.25) is 0 Å². The molecule has 1 aromatic carbocycles. The molecule has 0 atom stereocenters. The Balaban J connectivity index is 2.51. The largest absolute Gasteiger partial charge is 0.490 e. The third-order valence-electron chi connectivity index (χ3n) is 2.91. The highest BCUT2D eigenvalue weighted by atomic mass is 16.5. The second-order valence-electron chi connectivity index (χ2n) is 4.50. The summed E-state index contributed by atoms with van der Waals surface area (Å²) in [6, 6.07) is 6.22. The summed E-state index contributed by atoms with van der Waals surface area (Å²) in [6.45, 7) is 9.64. The SMILES string of the molecule is CCCCNCCc1ccc(OCC)c(OCC)c1. The maximum Gasteiger partial charge on any atom is 0.161 e. The fourth-order valence-electron chi connectivity index (χ4n) is 1.91. The van der Waals surface area contributed by atoms with Crippen LogP contribution in [0.1, 0.15) is 39.2 Å². The first-order valence-corrected chi connectivity index (χ1v) is 7.41. The maximum atomic E-state index is 5.63. The van der Waals surface area contributed by atoms with Crippen LogP contribution in [-0.4, -0.2) is 26.3 Å². The Morgan fingerprint density at radius 1 is 0.947 bits per heavy atom. The van der Waals surface area contributed by atoms with Gasteiger partial charge in [0.2, 0.25) is 0 Å². The fraction of sp³-hybridized carbons (Fsp3) is 0.625. The second-order valence-corrected chi connectivity index (χ2v) is 4.50. The molecule has 1 rings (SSSR count). The lowest BCUT2D eigenvalue weighted by Gasteiger charge is -2.12. The summed E-state index contributed by atoms with van der Waals surface area (Å²) in [6.07, 6.45) is 3.51. The van der Waals surface area contributed by atoms with Crippen molar-refractivity contribution in [2.45, 2.75) is 40.0 Å². The molecule has 0 fully saturated rings. The van der Waals surface area contributed by atoms with Crippen LogP contribution in [0.4, 0.5) is 0 Å². The summed E-state index contributed by atoms with van der Waals surface area (Å²) in [4.78, 5) is 0. The van der Waals surface area contributed by atoms with Gasteiger partial charge in [-0.15, -0.1) is 0 Å². The van der Waals surface area contributed by atoms with Gasteiger partial charge in [-0.05, 0) is 57.5 Å². The number of benzene rings is 1. The molecular formula is C16H27NO2. The minimum Gasteiger partial charge on any atom is -0.490 e. The first-order chi connectivity index (χ1) is 9.31. The summed E-state index contributed by atoms with van der Waals surface area (Å²) < 4.78 is 11.2. The fourth-order valence-corrected chi connectivity index (χ4v) is 1.91. The Hall–Kier alpha value is -1.22. The molecule has 0 aliphatic carbocycles. The van der Waals surface area contributed by atoms with E-state index in [2.05, 4.69) is 24.4 Å². The first-order valence-electron chi connectivity index (χ1n) is 7.41. The number of ether oxygens (including phenoxy) is 2. The van der Waals surface area contributed by atoms with Crippen molar-refractivity contribution < 1.29 is 9.47 Å².